The number of nitrogens with one attached hydrogen (secondary N) is 1. The van der Waals surface area contributed by atoms with Crippen LogP contribution in [0.3, 0.4) is 0 Å². The zero-order valence-electron chi connectivity index (χ0n) is 26.5. The minimum Gasteiger partial charge on any atom is -0.391 e. The van der Waals surface area contributed by atoms with E-state index in [1.165, 1.54) is 17.7 Å². The number of hydrogen-bond acceptors (Lipinski definition) is 4. The Morgan fingerprint density at radius 1 is 1.00 bits per heavy atom. The highest BCUT2D eigenvalue weighted by Crippen LogP contribution is 2.51. The predicted octanol–water partition coefficient (Wildman–Crippen LogP) is 5.77. The average molecular weight is 608 g/mol. The summed E-state index contributed by atoms with van der Waals surface area (Å²) in [5.74, 6) is -3.18. The molecule has 238 valence electrons. The van der Waals surface area contributed by atoms with E-state index in [0.29, 0.717) is 49.2 Å². The lowest BCUT2D eigenvalue weighted by atomic mass is 9.62. The van der Waals surface area contributed by atoms with E-state index in [9.17, 15) is 23.5 Å². The number of carbonyl (C=O) groups is 2. The van der Waals surface area contributed by atoms with Crippen LogP contribution in [0.25, 0.3) is 0 Å². The highest BCUT2D eigenvalue weighted by molar-refractivity contribution is 5.97. The van der Waals surface area contributed by atoms with Crippen LogP contribution in [0, 0.1) is 23.0 Å². The molecule has 0 bridgehead atoms. The molecule has 2 aromatic carbocycles. The normalized spacial score (nSPS) is 20.3. The number of nitrogens with zero attached hydrogens (tertiary/aromatic N) is 1. The standard InChI is InChI=1S/C36H47F2N3O3/c1-5-13-41(14-6-2)33(43)28-15-24(4)21-35(22-28,34(39)44)31(19-27-17-29(37)20-30(38)18-27)32(42)36(11-12-36)40-23-26-10-8-9-25(7-3)16-26/h8-10,15-18,20-21,31-32,40,42H,5-7,11-14,19,22-23H2,1-4H3,(H2,39,44)/t31-,32+,35?/m1/s1. The van der Waals surface area contributed by atoms with Crippen molar-refractivity contribution < 1.29 is 23.5 Å². The Morgan fingerprint density at radius 2 is 1.64 bits per heavy atom. The number of aliphatic hydroxyl groups excluding tert-OH is 1. The first kappa shape index (κ1) is 33.5. The van der Waals surface area contributed by atoms with Crippen molar-refractivity contribution in [1.29, 1.82) is 0 Å². The molecule has 2 amide bonds. The third kappa shape index (κ3) is 7.46. The van der Waals surface area contributed by atoms with Gasteiger partial charge in [0.15, 0.2) is 0 Å². The van der Waals surface area contributed by atoms with Crippen LogP contribution in [0.2, 0.25) is 0 Å². The Kier molecular flexibility index (Phi) is 10.8. The fourth-order valence-electron chi connectivity index (χ4n) is 6.81. The molecule has 4 N–H and O–H groups in total. The van der Waals surface area contributed by atoms with E-state index in [1.54, 1.807) is 17.1 Å². The van der Waals surface area contributed by atoms with Gasteiger partial charge in [-0.1, -0.05) is 62.8 Å². The van der Waals surface area contributed by atoms with Crippen LogP contribution in [0.1, 0.15) is 76.5 Å². The summed E-state index contributed by atoms with van der Waals surface area (Å²) < 4.78 is 28.8. The largest absolute Gasteiger partial charge is 0.391 e. The lowest BCUT2D eigenvalue weighted by Crippen LogP contribution is -2.56. The number of hydrogen-bond donors (Lipinski definition) is 3. The molecule has 1 unspecified atom stereocenters. The third-order valence-electron chi connectivity index (χ3n) is 9.20. The van der Waals surface area contributed by atoms with E-state index in [2.05, 4.69) is 24.4 Å². The van der Waals surface area contributed by atoms with E-state index in [4.69, 9.17) is 5.73 Å². The Hall–Kier alpha value is -3.36. The molecule has 8 heteroatoms. The third-order valence-corrected chi connectivity index (χ3v) is 9.20. The summed E-state index contributed by atoms with van der Waals surface area (Å²) in [5.41, 5.74) is 7.76. The Morgan fingerprint density at radius 3 is 2.20 bits per heavy atom. The summed E-state index contributed by atoms with van der Waals surface area (Å²) in [5, 5.41) is 15.8. The van der Waals surface area contributed by atoms with E-state index < -0.39 is 40.5 Å². The van der Waals surface area contributed by atoms with E-state index in [0.717, 1.165) is 30.9 Å². The van der Waals surface area contributed by atoms with Crippen LogP contribution in [0.4, 0.5) is 8.78 Å². The second-order valence-electron chi connectivity index (χ2n) is 12.6. The number of nitrogens with two attached hydrogens (primary N) is 1. The number of halogens is 2. The molecule has 44 heavy (non-hydrogen) atoms. The summed E-state index contributed by atoms with van der Waals surface area (Å²) in [6.45, 7) is 9.60. The van der Waals surface area contributed by atoms with E-state index in [-0.39, 0.29) is 18.7 Å². The molecule has 3 atom stereocenters. The fourth-order valence-corrected chi connectivity index (χ4v) is 6.81. The molecule has 4 rings (SSSR count). The molecule has 0 radical (unpaired) electrons. The minimum absolute atomic E-state index is 0.00339. The predicted molar refractivity (Wildman–Crippen MR) is 169 cm³/mol. The van der Waals surface area contributed by atoms with Gasteiger partial charge in [0.25, 0.3) is 0 Å². The number of primary amides is 1. The molecular weight excluding hydrogens is 560 g/mol. The summed E-state index contributed by atoms with van der Waals surface area (Å²) in [6.07, 6.45) is 6.24. The SMILES string of the molecule is CCCN(CCC)C(=O)C1=CC(C)=CC(C(N)=O)([C@H](Cc2cc(F)cc(F)c2)[C@H](O)C2(NCc3cccc(CC)c3)CC2)C1. The highest BCUT2D eigenvalue weighted by atomic mass is 19.1. The second kappa shape index (κ2) is 14.2. The zero-order chi connectivity index (χ0) is 32.1. The first-order chi connectivity index (χ1) is 21.0. The number of carbonyl (C=O) groups excluding carboxylic acids is 2. The minimum atomic E-state index is -1.46. The molecule has 6 nitrogen and oxygen atoms in total. The van der Waals surface area contributed by atoms with Gasteiger partial charge in [-0.15, -0.1) is 0 Å². The maximum absolute atomic E-state index is 14.4. The van der Waals surface area contributed by atoms with Gasteiger partial charge in [0, 0.05) is 42.7 Å². The first-order valence-corrected chi connectivity index (χ1v) is 15.9. The second-order valence-corrected chi connectivity index (χ2v) is 12.6. The van der Waals surface area contributed by atoms with Gasteiger partial charge in [0.2, 0.25) is 11.8 Å². The van der Waals surface area contributed by atoms with E-state index >= 15 is 0 Å². The van der Waals surface area contributed by atoms with Crippen molar-refractivity contribution in [2.24, 2.45) is 17.1 Å². The number of aryl methyl sites for hydroxylation is 1. The van der Waals surface area contributed by atoms with Crippen LogP contribution in [0.5, 0.6) is 0 Å². The van der Waals surface area contributed by atoms with Gasteiger partial charge in [0.1, 0.15) is 11.6 Å². The molecular formula is C36H47F2N3O3. The van der Waals surface area contributed by atoms with Gasteiger partial charge in [-0.25, -0.2) is 8.78 Å². The van der Waals surface area contributed by atoms with Crippen molar-refractivity contribution in [2.75, 3.05) is 13.1 Å². The Bertz CT molecular complexity index is 1390. The lowest BCUT2D eigenvalue weighted by molar-refractivity contribution is -0.133. The van der Waals surface area contributed by atoms with Crippen molar-refractivity contribution in [3.05, 3.63) is 94.1 Å². The summed E-state index contributed by atoms with van der Waals surface area (Å²) >= 11 is 0. The van der Waals surface area contributed by atoms with Gasteiger partial charge in [-0.2, -0.15) is 0 Å². The maximum atomic E-state index is 14.4. The van der Waals surface area contributed by atoms with Crippen LogP contribution in [-0.2, 0) is 29.0 Å². The monoisotopic (exact) mass is 607 g/mol. The van der Waals surface area contributed by atoms with Crippen LogP contribution >= 0.6 is 0 Å². The molecule has 0 saturated heterocycles. The van der Waals surface area contributed by atoms with Crippen molar-refractivity contribution in [2.45, 2.75) is 90.8 Å². The fraction of sp³-hybridized carbons (Fsp3) is 0.500. The summed E-state index contributed by atoms with van der Waals surface area (Å²) in [7, 11) is 0. The molecule has 0 spiro atoms. The molecule has 2 aromatic rings. The topological polar surface area (TPSA) is 95.7 Å². The average Bonchev–Trinajstić information content (AvgIpc) is 3.78. The van der Waals surface area contributed by atoms with Crippen LogP contribution in [-0.4, -0.2) is 46.6 Å². The molecule has 0 aliphatic heterocycles. The van der Waals surface area contributed by atoms with Gasteiger partial charge in [-0.05, 0) is 80.7 Å². The number of allylic oxidation sites excluding steroid dienone is 2. The smallest absolute Gasteiger partial charge is 0.249 e. The van der Waals surface area contributed by atoms with Gasteiger partial charge < -0.3 is 21.1 Å². The Balaban J connectivity index is 1.74. The molecule has 1 saturated carbocycles. The lowest BCUT2D eigenvalue weighted by Gasteiger charge is -2.44. The Labute approximate surface area is 260 Å². The number of rotatable bonds is 15. The zero-order valence-corrected chi connectivity index (χ0v) is 26.5. The summed E-state index contributed by atoms with van der Waals surface area (Å²) in [6, 6.07) is 11.5. The highest BCUT2D eigenvalue weighted by Gasteiger charge is 2.58. The van der Waals surface area contributed by atoms with Gasteiger partial charge in [-0.3, -0.25) is 9.59 Å². The molecule has 2 aliphatic rings. The molecule has 1 fully saturated rings. The van der Waals surface area contributed by atoms with Crippen molar-refractivity contribution in [1.82, 2.24) is 10.2 Å². The number of aliphatic hydroxyl groups is 1. The number of amides is 2. The molecule has 0 aromatic heterocycles. The van der Waals surface area contributed by atoms with Crippen molar-refractivity contribution in [3.8, 4) is 0 Å². The quantitative estimate of drug-likeness (QED) is 0.240. The van der Waals surface area contributed by atoms with Crippen molar-refractivity contribution in [3.63, 3.8) is 0 Å². The van der Waals surface area contributed by atoms with Gasteiger partial charge in [0.05, 0.1) is 11.5 Å². The first-order valence-electron chi connectivity index (χ1n) is 15.9. The molecule has 2 aliphatic carbocycles. The van der Waals surface area contributed by atoms with E-state index in [1.807, 2.05) is 32.9 Å². The van der Waals surface area contributed by atoms with Crippen molar-refractivity contribution >= 4 is 11.8 Å². The van der Waals surface area contributed by atoms with Crippen LogP contribution in [0.15, 0.2) is 65.8 Å². The van der Waals surface area contributed by atoms with Gasteiger partial charge >= 0.3 is 0 Å². The van der Waals surface area contributed by atoms with Crippen LogP contribution < -0.4 is 11.1 Å². The maximum Gasteiger partial charge on any atom is 0.249 e. The molecule has 0 heterocycles. The number of benzene rings is 2. The summed E-state index contributed by atoms with van der Waals surface area (Å²) in [4.78, 5) is 29.2.